The second kappa shape index (κ2) is 6.75. The monoisotopic (exact) mass is 269 g/mol. The molecule has 3 nitrogen and oxygen atoms in total. The minimum absolute atomic E-state index is 0.00889. The molecule has 0 saturated heterocycles. The molecule has 0 saturated carbocycles. The van der Waals surface area contributed by atoms with Gasteiger partial charge in [-0.1, -0.05) is 48.5 Å². The van der Waals surface area contributed by atoms with Gasteiger partial charge in [-0.05, 0) is 18.6 Å². The third kappa shape index (κ3) is 3.60. The third-order valence-electron chi connectivity index (χ3n) is 3.19. The predicted molar refractivity (Wildman–Crippen MR) is 79.7 cm³/mol. The zero-order valence-corrected chi connectivity index (χ0v) is 11.8. The van der Waals surface area contributed by atoms with E-state index < -0.39 is 0 Å². The van der Waals surface area contributed by atoms with Crippen molar-refractivity contribution in [3.8, 4) is 5.75 Å². The molecule has 2 aromatic rings. The van der Waals surface area contributed by atoms with E-state index >= 15 is 0 Å². The van der Waals surface area contributed by atoms with Crippen molar-refractivity contribution in [2.24, 2.45) is 0 Å². The highest BCUT2D eigenvalue weighted by molar-refractivity contribution is 5.79. The molecule has 104 valence electrons. The SMILES string of the molecule is COc1ccccc1[C@H](C)NC(=O)Cc1ccccc1. The molecule has 0 aliphatic carbocycles. The number of carbonyl (C=O) groups excluding carboxylic acids is 1. The quantitative estimate of drug-likeness (QED) is 0.905. The van der Waals surface area contributed by atoms with E-state index in [-0.39, 0.29) is 11.9 Å². The van der Waals surface area contributed by atoms with E-state index in [1.807, 2.05) is 61.5 Å². The lowest BCUT2D eigenvalue weighted by molar-refractivity contribution is -0.121. The van der Waals surface area contributed by atoms with Gasteiger partial charge >= 0.3 is 0 Å². The maximum absolute atomic E-state index is 12.0. The summed E-state index contributed by atoms with van der Waals surface area (Å²) in [5.41, 5.74) is 1.99. The average molecular weight is 269 g/mol. The van der Waals surface area contributed by atoms with Crippen LogP contribution in [-0.4, -0.2) is 13.0 Å². The molecule has 0 bridgehead atoms. The summed E-state index contributed by atoms with van der Waals surface area (Å²) < 4.78 is 5.32. The Balaban J connectivity index is 2.00. The summed E-state index contributed by atoms with van der Waals surface area (Å²) in [7, 11) is 1.64. The Morgan fingerprint density at radius 1 is 1.10 bits per heavy atom. The van der Waals surface area contributed by atoms with Gasteiger partial charge in [0.05, 0.1) is 19.6 Å². The van der Waals surface area contributed by atoms with Gasteiger partial charge in [0.25, 0.3) is 0 Å². The van der Waals surface area contributed by atoms with Crippen LogP contribution in [-0.2, 0) is 11.2 Å². The largest absolute Gasteiger partial charge is 0.496 e. The van der Waals surface area contributed by atoms with E-state index in [9.17, 15) is 4.79 Å². The molecule has 0 aromatic heterocycles. The Hall–Kier alpha value is -2.29. The van der Waals surface area contributed by atoms with Gasteiger partial charge in [0, 0.05) is 5.56 Å². The molecule has 0 spiro atoms. The van der Waals surface area contributed by atoms with Crippen LogP contribution < -0.4 is 10.1 Å². The first-order valence-corrected chi connectivity index (χ1v) is 6.67. The fourth-order valence-corrected chi connectivity index (χ4v) is 2.18. The van der Waals surface area contributed by atoms with Crippen molar-refractivity contribution >= 4 is 5.91 Å². The number of amides is 1. The number of methoxy groups -OCH3 is 1. The number of rotatable bonds is 5. The van der Waals surface area contributed by atoms with E-state index in [4.69, 9.17) is 4.74 Å². The van der Waals surface area contributed by atoms with Crippen LogP contribution in [0.25, 0.3) is 0 Å². The minimum Gasteiger partial charge on any atom is -0.496 e. The lowest BCUT2D eigenvalue weighted by Gasteiger charge is -2.17. The third-order valence-corrected chi connectivity index (χ3v) is 3.19. The first-order chi connectivity index (χ1) is 9.70. The van der Waals surface area contributed by atoms with Gasteiger partial charge in [0.2, 0.25) is 5.91 Å². The van der Waals surface area contributed by atoms with Crippen LogP contribution in [0, 0.1) is 0 Å². The van der Waals surface area contributed by atoms with Crippen molar-refractivity contribution in [1.29, 1.82) is 0 Å². The molecule has 2 aromatic carbocycles. The van der Waals surface area contributed by atoms with Crippen molar-refractivity contribution in [3.63, 3.8) is 0 Å². The van der Waals surface area contributed by atoms with Gasteiger partial charge in [-0.3, -0.25) is 4.79 Å². The van der Waals surface area contributed by atoms with Crippen LogP contribution in [0.15, 0.2) is 54.6 Å². The molecule has 1 amide bonds. The average Bonchev–Trinajstić information content (AvgIpc) is 2.48. The van der Waals surface area contributed by atoms with E-state index in [0.29, 0.717) is 6.42 Å². The summed E-state index contributed by atoms with van der Waals surface area (Å²) in [6.07, 6.45) is 0.389. The first-order valence-electron chi connectivity index (χ1n) is 6.67. The second-order valence-corrected chi connectivity index (χ2v) is 4.69. The highest BCUT2D eigenvalue weighted by atomic mass is 16.5. The van der Waals surface area contributed by atoms with Crippen molar-refractivity contribution in [1.82, 2.24) is 5.32 Å². The van der Waals surface area contributed by atoms with Gasteiger partial charge in [-0.2, -0.15) is 0 Å². The topological polar surface area (TPSA) is 38.3 Å². The molecule has 2 rings (SSSR count). The number of carbonyl (C=O) groups is 1. The molecule has 0 aliphatic rings. The first kappa shape index (κ1) is 14.1. The lowest BCUT2D eigenvalue weighted by Crippen LogP contribution is -2.28. The van der Waals surface area contributed by atoms with Gasteiger partial charge in [-0.15, -0.1) is 0 Å². The van der Waals surface area contributed by atoms with Gasteiger partial charge in [-0.25, -0.2) is 0 Å². The predicted octanol–water partition coefficient (Wildman–Crippen LogP) is 3.12. The smallest absolute Gasteiger partial charge is 0.224 e. The summed E-state index contributed by atoms with van der Waals surface area (Å²) in [5, 5.41) is 3.00. The standard InChI is InChI=1S/C17H19NO2/c1-13(15-10-6-7-11-16(15)20-2)18-17(19)12-14-8-4-3-5-9-14/h3-11,13H,12H2,1-2H3,(H,18,19)/t13-/m0/s1. The van der Waals surface area contributed by atoms with E-state index in [1.165, 1.54) is 0 Å². The van der Waals surface area contributed by atoms with Crippen LogP contribution in [0.1, 0.15) is 24.1 Å². The highest BCUT2D eigenvalue weighted by Crippen LogP contribution is 2.24. The lowest BCUT2D eigenvalue weighted by atomic mass is 10.1. The summed E-state index contributed by atoms with van der Waals surface area (Å²) >= 11 is 0. The van der Waals surface area contributed by atoms with E-state index in [2.05, 4.69) is 5.32 Å². The molecule has 0 unspecified atom stereocenters. The van der Waals surface area contributed by atoms with Gasteiger partial charge in [0.15, 0.2) is 0 Å². The van der Waals surface area contributed by atoms with Gasteiger partial charge in [0.1, 0.15) is 5.75 Å². The Labute approximate surface area is 119 Å². The molecule has 0 heterocycles. The number of nitrogens with one attached hydrogen (secondary N) is 1. The Morgan fingerprint density at radius 3 is 2.45 bits per heavy atom. The number of hydrogen-bond donors (Lipinski definition) is 1. The van der Waals surface area contributed by atoms with Gasteiger partial charge < -0.3 is 10.1 Å². The zero-order valence-electron chi connectivity index (χ0n) is 11.8. The molecule has 0 aliphatic heterocycles. The van der Waals surface area contributed by atoms with Crippen molar-refractivity contribution in [3.05, 3.63) is 65.7 Å². The zero-order chi connectivity index (χ0) is 14.4. The van der Waals surface area contributed by atoms with Crippen LogP contribution in [0.3, 0.4) is 0 Å². The Bertz CT molecular complexity index is 566. The molecule has 20 heavy (non-hydrogen) atoms. The Kier molecular flexibility index (Phi) is 4.77. The maximum atomic E-state index is 12.0. The van der Waals surface area contributed by atoms with E-state index in [1.54, 1.807) is 7.11 Å². The molecule has 0 radical (unpaired) electrons. The highest BCUT2D eigenvalue weighted by Gasteiger charge is 2.13. The van der Waals surface area contributed by atoms with Crippen molar-refractivity contribution in [2.45, 2.75) is 19.4 Å². The summed E-state index contributed by atoms with van der Waals surface area (Å²) in [6, 6.07) is 17.4. The fraction of sp³-hybridized carbons (Fsp3) is 0.235. The van der Waals surface area contributed by atoms with Crippen LogP contribution in [0.4, 0.5) is 0 Å². The van der Waals surface area contributed by atoms with Crippen LogP contribution >= 0.6 is 0 Å². The second-order valence-electron chi connectivity index (χ2n) is 4.69. The normalized spacial score (nSPS) is 11.7. The number of para-hydroxylation sites is 1. The molecular formula is C17H19NO2. The molecule has 3 heteroatoms. The molecular weight excluding hydrogens is 250 g/mol. The molecule has 1 atom stereocenters. The van der Waals surface area contributed by atoms with Crippen LogP contribution in [0.5, 0.6) is 5.75 Å². The summed E-state index contributed by atoms with van der Waals surface area (Å²) in [6.45, 7) is 1.96. The van der Waals surface area contributed by atoms with Crippen LogP contribution in [0.2, 0.25) is 0 Å². The Morgan fingerprint density at radius 2 is 1.75 bits per heavy atom. The molecule has 1 N–H and O–H groups in total. The fourth-order valence-electron chi connectivity index (χ4n) is 2.18. The molecule has 0 fully saturated rings. The number of ether oxygens (including phenoxy) is 1. The number of hydrogen-bond acceptors (Lipinski definition) is 2. The minimum atomic E-state index is -0.0811. The maximum Gasteiger partial charge on any atom is 0.224 e. The van der Waals surface area contributed by atoms with E-state index in [0.717, 1.165) is 16.9 Å². The van der Waals surface area contributed by atoms with Crippen molar-refractivity contribution in [2.75, 3.05) is 7.11 Å². The summed E-state index contributed by atoms with van der Waals surface area (Å²) in [4.78, 5) is 12.0. The van der Waals surface area contributed by atoms with Crippen molar-refractivity contribution < 1.29 is 9.53 Å². The number of benzene rings is 2. The summed E-state index contributed by atoms with van der Waals surface area (Å²) in [5.74, 6) is 0.801.